The fourth-order valence-corrected chi connectivity index (χ4v) is 5.90. The number of piperidine rings is 1. The van der Waals surface area contributed by atoms with Crippen molar-refractivity contribution >= 4 is 11.9 Å². The predicted molar refractivity (Wildman–Crippen MR) is 152 cm³/mol. The van der Waals surface area contributed by atoms with Crippen molar-refractivity contribution in [3.8, 4) is 11.3 Å². The molecule has 2 aliphatic rings. The summed E-state index contributed by atoms with van der Waals surface area (Å²) >= 11 is 0. The minimum absolute atomic E-state index is 0.0590. The van der Waals surface area contributed by atoms with Crippen molar-refractivity contribution in [1.29, 1.82) is 0 Å². The number of aryl methyl sites for hydroxylation is 1. The van der Waals surface area contributed by atoms with E-state index in [2.05, 4.69) is 19.9 Å². The first kappa shape index (κ1) is 31.6. The zero-order valence-corrected chi connectivity index (χ0v) is 24.1. The van der Waals surface area contributed by atoms with Crippen molar-refractivity contribution < 1.29 is 28.9 Å². The van der Waals surface area contributed by atoms with Gasteiger partial charge in [-0.1, -0.05) is 12.1 Å². The van der Waals surface area contributed by atoms with Crippen molar-refractivity contribution in [3.05, 3.63) is 75.0 Å². The van der Waals surface area contributed by atoms with E-state index in [1.165, 1.54) is 15.2 Å². The van der Waals surface area contributed by atoms with Gasteiger partial charge in [0.25, 0.3) is 0 Å². The summed E-state index contributed by atoms with van der Waals surface area (Å²) in [4.78, 5) is 58.1. The second kappa shape index (κ2) is 14.2. The number of aromatic nitrogens is 5. The van der Waals surface area contributed by atoms with Crippen molar-refractivity contribution in [2.75, 3.05) is 6.54 Å². The van der Waals surface area contributed by atoms with Gasteiger partial charge in [-0.25, -0.2) is 28.1 Å². The second-order valence-corrected chi connectivity index (χ2v) is 10.5. The van der Waals surface area contributed by atoms with Gasteiger partial charge in [-0.2, -0.15) is 4.98 Å². The van der Waals surface area contributed by atoms with Gasteiger partial charge in [0.2, 0.25) is 0 Å². The number of ether oxygens (including phenoxy) is 1. The number of fused-ring (bicyclic) bond motifs is 2. The minimum atomic E-state index is -1.82. The molecule has 2 aliphatic heterocycles. The van der Waals surface area contributed by atoms with Crippen LogP contribution in [0.15, 0.2) is 46.4 Å². The Labute approximate surface area is 246 Å². The first-order chi connectivity index (χ1) is 20.6. The van der Waals surface area contributed by atoms with Crippen molar-refractivity contribution in [2.45, 2.75) is 83.8 Å². The third-order valence-electron chi connectivity index (χ3n) is 7.90. The SMILES string of the molecule is CCn1c(C)nc(=O)n(CCCN2C3CCC2CC(OCc2c(F)cccc2-c2cnccn2)C3)c1=O.O=C(O)C(=O)O. The highest BCUT2D eigenvalue weighted by Crippen LogP contribution is 2.37. The van der Waals surface area contributed by atoms with E-state index in [-0.39, 0.29) is 24.2 Å². The van der Waals surface area contributed by atoms with E-state index >= 15 is 0 Å². The van der Waals surface area contributed by atoms with Crippen molar-refractivity contribution in [1.82, 2.24) is 29.0 Å². The second-order valence-electron chi connectivity index (χ2n) is 10.5. The van der Waals surface area contributed by atoms with Crippen LogP contribution < -0.4 is 11.4 Å². The largest absolute Gasteiger partial charge is 0.473 e. The number of carboxylic acids is 2. The highest BCUT2D eigenvalue weighted by atomic mass is 19.1. The number of hydrogen-bond acceptors (Lipinski definition) is 9. The number of rotatable bonds is 9. The van der Waals surface area contributed by atoms with Crippen LogP contribution in [-0.2, 0) is 34.0 Å². The monoisotopic (exact) mass is 598 g/mol. The average molecular weight is 599 g/mol. The number of aliphatic carboxylic acids is 2. The zero-order chi connectivity index (χ0) is 31.1. The van der Waals surface area contributed by atoms with E-state index in [9.17, 15) is 14.0 Å². The lowest BCUT2D eigenvalue weighted by Gasteiger charge is -2.39. The predicted octanol–water partition coefficient (Wildman–Crippen LogP) is 2.09. The van der Waals surface area contributed by atoms with E-state index in [4.69, 9.17) is 24.5 Å². The quantitative estimate of drug-likeness (QED) is 0.346. The van der Waals surface area contributed by atoms with Crippen LogP contribution in [0.1, 0.15) is 50.4 Å². The third kappa shape index (κ3) is 7.56. The van der Waals surface area contributed by atoms with Gasteiger partial charge in [0.1, 0.15) is 11.6 Å². The molecule has 2 fully saturated rings. The van der Waals surface area contributed by atoms with Crippen LogP contribution in [0.5, 0.6) is 0 Å². The maximum Gasteiger partial charge on any atom is 0.414 e. The molecule has 0 radical (unpaired) electrons. The fraction of sp³-hybridized carbons (Fsp3) is 0.483. The summed E-state index contributed by atoms with van der Waals surface area (Å²) in [6.07, 6.45) is 9.58. The molecule has 2 atom stereocenters. The summed E-state index contributed by atoms with van der Waals surface area (Å²) in [6.45, 7) is 5.41. The van der Waals surface area contributed by atoms with Crippen LogP contribution in [0.25, 0.3) is 11.3 Å². The van der Waals surface area contributed by atoms with Gasteiger partial charge in [0, 0.05) is 55.2 Å². The molecule has 0 amide bonds. The molecule has 2 aromatic heterocycles. The highest BCUT2D eigenvalue weighted by Gasteiger charge is 2.40. The maximum atomic E-state index is 14.7. The summed E-state index contributed by atoms with van der Waals surface area (Å²) in [5.74, 6) is -3.50. The Morgan fingerprint density at radius 1 is 1.05 bits per heavy atom. The fourth-order valence-electron chi connectivity index (χ4n) is 5.90. The molecule has 43 heavy (non-hydrogen) atoms. The van der Waals surface area contributed by atoms with Gasteiger partial charge in [0.05, 0.1) is 24.6 Å². The number of nitrogens with zero attached hydrogens (tertiary/aromatic N) is 6. The molecular weight excluding hydrogens is 563 g/mol. The van der Waals surface area contributed by atoms with Gasteiger partial charge >= 0.3 is 23.3 Å². The molecule has 230 valence electrons. The van der Waals surface area contributed by atoms with Gasteiger partial charge in [0.15, 0.2) is 0 Å². The van der Waals surface area contributed by atoms with Gasteiger partial charge in [-0.3, -0.25) is 19.4 Å². The van der Waals surface area contributed by atoms with E-state index in [0.29, 0.717) is 54.2 Å². The Kier molecular flexibility index (Phi) is 10.5. The van der Waals surface area contributed by atoms with Crippen molar-refractivity contribution in [3.63, 3.8) is 0 Å². The Hall–Kier alpha value is -4.30. The van der Waals surface area contributed by atoms with Crippen LogP contribution >= 0.6 is 0 Å². The minimum Gasteiger partial charge on any atom is -0.473 e. The normalized spacial score (nSPS) is 19.5. The average Bonchev–Trinajstić information content (AvgIpc) is 3.21. The van der Waals surface area contributed by atoms with E-state index in [1.807, 2.05) is 13.0 Å². The van der Waals surface area contributed by atoms with Crippen LogP contribution in [-0.4, -0.2) is 75.9 Å². The van der Waals surface area contributed by atoms with Crippen LogP contribution in [0, 0.1) is 12.7 Å². The number of carboxylic acid groups (broad SMARTS) is 2. The molecule has 5 rings (SSSR count). The van der Waals surface area contributed by atoms with Crippen molar-refractivity contribution in [2.24, 2.45) is 0 Å². The van der Waals surface area contributed by atoms with E-state index in [1.54, 1.807) is 31.6 Å². The number of hydrogen-bond donors (Lipinski definition) is 2. The lowest BCUT2D eigenvalue weighted by atomic mass is 9.99. The molecule has 2 bridgehead atoms. The first-order valence-corrected chi connectivity index (χ1v) is 14.2. The molecule has 4 heterocycles. The van der Waals surface area contributed by atoms with Crippen LogP contribution in [0.2, 0.25) is 0 Å². The molecule has 2 N–H and O–H groups in total. The summed E-state index contributed by atoms with van der Waals surface area (Å²) < 4.78 is 23.8. The molecular formula is C29H35FN6O7. The molecule has 2 saturated heterocycles. The Bertz CT molecular complexity index is 1540. The molecule has 3 aromatic rings. The highest BCUT2D eigenvalue weighted by molar-refractivity contribution is 6.27. The standard InChI is InChI=1S/C27H33FN6O3.C2H2O4/c1-3-32-18(2)31-26(35)34(27(32)36)13-5-12-33-19-8-9-20(33)15-21(14-19)37-17-23-22(6-4-7-24(23)28)25-16-29-10-11-30-25;3-1(4)2(5)6/h4,6-7,10-11,16,19-21H,3,5,8-9,12-15,17H2,1-2H3;(H,3,4)(H,5,6). The number of halogens is 1. The molecule has 1 aromatic carbocycles. The van der Waals surface area contributed by atoms with Crippen LogP contribution in [0.3, 0.4) is 0 Å². The molecule has 0 aliphatic carbocycles. The van der Waals surface area contributed by atoms with Crippen LogP contribution in [0.4, 0.5) is 4.39 Å². The maximum absolute atomic E-state index is 14.7. The summed E-state index contributed by atoms with van der Waals surface area (Å²) in [7, 11) is 0. The Balaban J connectivity index is 0.000000641. The molecule has 13 nitrogen and oxygen atoms in total. The smallest absolute Gasteiger partial charge is 0.414 e. The molecule has 0 spiro atoms. The zero-order valence-electron chi connectivity index (χ0n) is 24.1. The third-order valence-corrected chi connectivity index (χ3v) is 7.90. The lowest BCUT2D eigenvalue weighted by Crippen LogP contribution is -2.47. The lowest BCUT2D eigenvalue weighted by molar-refractivity contribution is -0.159. The number of carbonyl (C=O) groups is 2. The summed E-state index contributed by atoms with van der Waals surface area (Å²) in [6, 6.07) is 5.77. The number of benzene rings is 1. The topological polar surface area (TPSA) is 170 Å². The Morgan fingerprint density at radius 3 is 2.35 bits per heavy atom. The van der Waals surface area contributed by atoms with E-state index < -0.39 is 17.6 Å². The Morgan fingerprint density at radius 2 is 1.74 bits per heavy atom. The van der Waals surface area contributed by atoms with Gasteiger partial charge in [-0.05, 0) is 52.0 Å². The summed E-state index contributed by atoms with van der Waals surface area (Å²) in [5.41, 5.74) is 1.08. The van der Waals surface area contributed by atoms with Gasteiger partial charge < -0.3 is 14.9 Å². The molecule has 2 unspecified atom stereocenters. The first-order valence-electron chi connectivity index (χ1n) is 14.2. The molecule has 14 heteroatoms. The van der Waals surface area contributed by atoms with Gasteiger partial charge in [-0.15, -0.1) is 0 Å². The van der Waals surface area contributed by atoms with E-state index in [0.717, 1.165) is 32.2 Å². The molecule has 0 saturated carbocycles. The summed E-state index contributed by atoms with van der Waals surface area (Å²) in [5, 5.41) is 14.8.